The minimum absolute atomic E-state index is 0. The van der Waals surface area contributed by atoms with E-state index in [1.807, 2.05) is 0 Å². The van der Waals surface area contributed by atoms with Gasteiger partial charge in [0.1, 0.15) is 0 Å². The van der Waals surface area contributed by atoms with Crippen molar-refractivity contribution >= 4 is 7.68 Å². The van der Waals surface area contributed by atoms with Crippen LogP contribution in [0.15, 0.2) is 113 Å². The minimum Gasteiger partial charge on any atom is -1.00 e. The van der Waals surface area contributed by atoms with Crippen LogP contribution in [0.1, 0.15) is 39.8 Å². The second kappa shape index (κ2) is 11.3. The van der Waals surface area contributed by atoms with Crippen molar-refractivity contribution in [2.24, 2.45) is 0 Å². The molecule has 0 atom stereocenters. The number of rotatable bonds is 4. The second-order valence-corrected chi connectivity index (χ2v) is 13.3. The molecule has 0 unspecified atom stereocenters. The van der Waals surface area contributed by atoms with E-state index < -0.39 is 17.4 Å². The van der Waals surface area contributed by atoms with Crippen molar-refractivity contribution in [2.45, 2.75) is 26.7 Å². The first kappa shape index (κ1) is 26.6. The fourth-order valence-electron chi connectivity index (χ4n) is 5.52. The average Bonchev–Trinajstić information content (AvgIpc) is 3.51. The molecule has 3 heteroatoms. The summed E-state index contributed by atoms with van der Waals surface area (Å²) in [6.07, 6.45) is 9.15. The molecule has 0 fully saturated rings. The molecule has 0 amide bonds. The van der Waals surface area contributed by atoms with Gasteiger partial charge in [0.25, 0.3) is 0 Å². The summed E-state index contributed by atoms with van der Waals surface area (Å²) in [7, 11) is 0. The summed E-state index contributed by atoms with van der Waals surface area (Å²) in [5.74, 6) is 0. The van der Waals surface area contributed by atoms with E-state index in [1.54, 1.807) is 17.1 Å². The quantitative estimate of drug-likeness (QED) is 0.300. The zero-order valence-electron chi connectivity index (χ0n) is 20.6. The molecule has 0 saturated heterocycles. The van der Waals surface area contributed by atoms with E-state index in [4.69, 9.17) is 0 Å². The topological polar surface area (TPSA) is 0 Å². The smallest absolute Gasteiger partial charge is 1.00 e. The Morgan fingerprint density at radius 2 is 1.33 bits per heavy atom. The molecule has 178 valence electrons. The zero-order chi connectivity index (χ0) is 23.1. The summed E-state index contributed by atoms with van der Waals surface area (Å²) in [5, 5.41) is 0. The third-order valence-electron chi connectivity index (χ3n) is 7.05. The monoisotopic (exact) mass is 542 g/mol. The van der Waals surface area contributed by atoms with Gasteiger partial charge in [-0.15, -0.1) is 0 Å². The zero-order valence-corrected chi connectivity index (χ0v) is 23.6. The van der Waals surface area contributed by atoms with Gasteiger partial charge in [-0.3, -0.25) is 0 Å². The SMILES string of the molecule is Cc1ccc2c(c1)-c1cc(C)c[c]([Ti+2]([C]3=CC=CC3)=[C](c3ccccc3)c3ccccc3)c1C2.[Cl-].[Cl-]. The first-order valence-corrected chi connectivity index (χ1v) is 14.5. The molecule has 4 aromatic carbocycles. The summed E-state index contributed by atoms with van der Waals surface area (Å²) in [5.41, 5.74) is 11.4. The molecule has 4 aromatic rings. The third kappa shape index (κ3) is 4.89. The molecule has 0 bridgehead atoms. The summed E-state index contributed by atoms with van der Waals surface area (Å²) in [6, 6.07) is 34.2. The summed E-state index contributed by atoms with van der Waals surface area (Å²) < 4.78 is 4.83. The minimum atomic E-state index is -2.10. The second-order valence-electron chi connectivity index (χ2n) is 9.48. The maximum atomic E-state index is 2.53. The number of aryl methyl sites for hydroxylation is 2. The molecule has 2 aliphatic carbocycles. The number of fused-ring (bicyclic) bond motifs is 3. The molecular formula is C33H28Cl2Ti. The molecule has 0 N–H and O–H groups in total. The fourth-order valence-corrected chi connectivity index (χ4v) is 10.7. The average molecular weight is 543 g/mol. The maximum absolute atomic E-state index is 2.53. The van der Waals surface area contributed by atoms with Gasteiger partial charge >= 0.3 is 209 Å². The first-order chi connectivity index (χ1) is 16.7. The van der Waals surface area contributed by atoms with Crippen LogP contribution in [-0.2, 0) is 23.8 Å². The van der Waals surface area contributed by atoms with E-state index in [9.17, 15) is 0 Å². The van der Waals surface area contributed by atoms with E-state index in [0.29, 0.717) is 0 Å². The van der Waals surface area contributed by atoms with Gasteiger partial charge in [0.05, 0.1) is 0 Å². The molecule has 0 heterocycles. The van der Waals surface area contributed by atoms with E-state index in [0.717, 1.165) is 12.8 Å². The van der Waals surface area contributed by atoms with Crippen LogP contribution in [0.4, 0.5) is 0 Å². The van der Waals surface area contributed by atoms with Crippen LogP contribution in [0, 0.1) is 13.8 Å². The van der Waals surface area contributed by atoms with Crippen molar-refractivity contribution in [3.05, 3.63) is 146 Å². The van der Waals surface area contributed by atoms with E-state index in [2.05, 4.69) is 123 Å². The van der Waals surface area contributed by atoms with Crippen molar-refractivity contribution in [2.75, 3.05) is 0 Å². The Kier molecular flexibility index (Phi) is 8.33. The van der Waals surface area contributed by atoms with Crippen LogP contribution in [0.5, 0.6) is 0 Å². The Morgan fingerprint density at radius 3 is 1.94 bits per heavy atom. The number of allylic oxidation sites excluding steroid dienone is 4. The Hall–Kier alpha value is -2.48. The third-order valence-corrected chi connectivity index (χ3v) is 11.9. The van der Waals surface area contributed by atoms with Crippen LogP contribution in [0.2, 0.25) is 0 Å². The van der Waals surface area contributed by atoms with Crippen LogP contribution in [-0.4, -0.2) is 3.81 Å². The molecule has 0 saturated carbocycles. The van der Waals surface area contributed by atoms with Crippen molar-refractivity contribution in [3.63, 3.8) is 0 Å². The van der Waals surface area contributed by atoms with Gasteiger partial charge in [-0.2, -0.15) is 0 Å². The normalized spacial score (nSPS) is 12.4. The van der Waals surface area contributed by atoms with Crippen molar-refractivity contribution in [3.8, 4) is 11.1 Å². The molecule has 0 nitrogen and oxygen atoms in total. The van der Waals surface area contributed by atoms with Gasteiger partial charge in [0, 0.05) is 0 Å². The number of hydrogen-bond acceptors (Lipinski definition) is 0. The van der Waals surface area contributed by atoms with Gasteiger partial charge < -0.3 is 24.8 Å². The van der Waals surface area contributed by atoms with Gasteiger partial charge in [-0.25, -0.2) is 0 Å². The van der Waals surface area contributed by atoms with Crippen LogP contribution < -0.4 is 28.7 Å². The van der Waals surface area contributed by atoms with E-state index in [1.165, 1.54) is 38.9 Å². The molecule has 0 aliphatic heterocycles. The van der Waals surface area contributed by atoms with Crippen molar-refractivity contribution in [1.82, 2.24) is 0 Å². The molecule has 36 heavy (non-hydrogen) atoms. The maximum Gasteiger partial charge on any atom is -1.00 e. The molecular weight excluding hydrogens is 515 g/mol. The Labute approximate surface area is 233 Å². The van der Waals surface area contributed by atoms with Gasteiger partial charge in [-0.1, -0.05) is 0 Å². The Morgan fingerprint density at radius 1 is 0.694 bits per heavy atom. The fraction of sp³-hybridized carbons (Fsp3) is 0.121. The van der Waals surface area contributed by atoms with Crippen LogP contribution >= 0.6 is 0 Å². The summed E-state index contributed by atoms with van der Waals surface area (Å²) >= 11 is -2.10. The summed E-state index contributed by atoms with van der Waals surface area (Å²) in [6.45, 7) is 4.49. The Balaban J connectivity index is 0.00000152. The van der Waals surface area contributed by atoms with Crippen LogP contribution in [0.3, 0.4) is 0 Å². The molecule has 0 radical (unpaired) electrons. The molecule has 0 aromatic heterocycles. The number of halogens is 2. The number of hydrogen-bond donors (Lipinski definition) is 0. The summed E-state index contributed by atoms with van der Waals surface area (Å²) in [4.78, 5) is 0. The molecule has 2 aliphatic rings. The van der Waals surface area contributed by atoms with Gasteiger partial charge in [0.15, 0.2) is 0 Å². The van der Waals surface area contributed by atoms with Gasteiger partial charge in [0.2, 0.25) is 0 Å². The first-order valence-electron chi connectivity index (χ1n) is 12.1. The van der Waals surface area contributed by atoms with E-state index >= 15 is 0 Å². The molecule has 0 spiro atoms. The van der Waals surface area contributed by atoms with Crippen LogP contribution in [0.25, 0.3) is 11.1 Å². The van der Waals surface area contributed by atoms with Crippen molar-refractivity contribution in [1.29, 1.82) is 0 Å². The van der Waals surface area contributed by atoms with Crippen molar-refractivity contribution < 1.29 is 42.2 Å². The van der Waals surface area contributed by atoms with E-state index in [-0.39, 0.29) is 24.8 Å². The predicted octanol–water partition coefficient (Wildman–Crippen LogP) is 1.24. The molecule has 6 rings (SSSR count). The largest absolute Gasteiger partial charge is 1.00 e. The predicted molar refractivity (Wildman–Crippen MR) is 142 cm³/mol. The van der Waals surface area contributed by atoms with Gasteiger partial charge in [-0.05, 0) is 0 Å². The number of benzene rings is 4. The Bertz CT molecular complexity index is 1450. The standard InChI is InChI=1S/C15H13.C13H10.C5H5.2ClH.Ti/c1-10-3-5-12-9-13-6-4-11(2)8-15(13)14(12)7-10;1-3-7-12(8-4-1)11-13-9-5-2-6-10-13;1-2-4-5-3-1;;;/h3-5,7-8H,9H2,1-2H3;1-10H;1-3H,4H2;2*1H;/q;;;;;+2/p-2.